The van der Waals surface area contributed by atoms with Gasteiger partial charge in [0.15, 0.2) is 0 Å². The van der Waals surface area contributed by atoms with Crippen molar-refractivity contribution < 1.29 is 24.5 Å². The third-order valence-electron chi connectivity index (χ3n) is 8.03. The predicted octanol–water partition coefficient (Wildman–Crippen LogP) is 3.90. The molecular weight excluding hydrogens is 550 g/mol. The Bertz CT molecular complexity index is 1490. The zero-order valence-corrected chi connectivity index (χ0v) is 25.1. The highest BCUT2D eigenvalue weighted by Gasteiger charge is 2.34. The molecule has 12 nitrogen and oxygen atoms in total. The van der Waals surface area contributed by atoms with Crippen LogP contribution in [0.2, 0.25) is 0 Å². The first kappa shape index (κ1) is 30.1. The molecule has 0 spiro atoms. The van der Waals surface area contributed by atoms with Gasteiger partial charge in [0.1, 0.15) is 11.6 Å². The number of amides is 2. The van der Waals surface area contributed by atoms with Crippen molar-refractivity contribution in [3.05, 3.63) is 58.8 Å². The highest BCUT2D eigenvalue weighted by atomic mass is 16.5. The Labute approximate surface area is 251 Å². The summed E-state index contributed by atoms with van der Waals surface area (Å²) in [5, 5.41) is 22.7. The Morgan fingerprint density at radius 3 is 2.49 bits per heavy atom. The minimum Gasteiger partial charge on any atom is -0.494 e. The Hall–Kier alpha value is -4.42. The van der Waals surface area contributed by atoms with Crippen LogP contribution < -0.4 is 24.8 Å². The van der Waals surface area contributed by atoms with Crippen molar-refractivity contribution in [3.8, 4) is 5.75 Å². The van der Waals surface area contributed by atoms with Gasteiger partial charge in [-0.2, -0.15) is 4.98 Å². The number of nitrogens with one attached hydrogen (secondary N) is 1. The van der Waals surface area contributed by atoms with Gasteiger partial charge in [-0.1, -0.05) is 18.2 Å². The number of hydrogen-bond acceptors (Lipinski definition) is 9. The number of aliphatic hydroxyl groups excluding tert-OH is 1. The molecule has 0 unspecified atom stereocenters. The molecule has 43 heavy (non-hydrogen) atoms. The first-order valence-electron chi connectivity index (χ1n) is 14.5. The zero-order valence-electron chi connectivity index (χ0n) is 25.1. The fraction of sp³-hybridized carbons (Fsp3) is 0.419. The van der Waals surface area contributed by atoms with Gasteiger partial charge in [0.2, 0.25) is 5.95 Å². The van der Waals surface area contributed by atoms with Crippen LogP contribution in [0.1, 0.15) is 35.1 Å². The molecule has 2 amide bonds. The quantitative estimate of drug-likeness (QED) is 0.320. The Balaban J connectivity index is 1.48. The fourth-order valence-electron chi connectivity index (χ4n) is 5.74. The Morgan fingerprint density at radius 1 is 1.12 bits per heavy atom. The van der Waals surface area contributed by atoms with Crippen molar-refractivity contribution in [1.82, 2.24) is 14.9 Å². The number of carboxylic acid groups (broad SMARTS) is 1. The minimum absolute atomic E-state index is 0.0700. The number of nitrogens with zero attached hydrogens (tertiary/aromatic N) is 6. The number of likely N-dealkylation sites (N-methyl/N-ethyl adjacent to an activating group) is 1. The van der Waals surface area contributed by atoms with E-state index in [4.69, 9.17) is 9.72 Å². The van der Waals surface area contributed by atoms with Crippen molar-refractivity contribution in [2.45, 2.75) is 39.8 Å². The lowest BCUT2D eigenvalue weighted by atomic mass is 10.1. The summed E-state index contributed by atoms with van der Waals surface area (Å²) >= 11 is 0. The van der Waals surface area contributed by atoms with Gasteiger partial charge in [-0.3, -0.25) is 14.6 Å². The molecule has 12 heteroatoms. The van der Waals surface area contributed by atoms with Crippen LogP contribution in [-0.2, 0) is 17.9 Å². The van der Waals surface area contributed by atoms with E-state index >= 15 is 0 Å². The van der Waals surface area contributed by atoms with E-state index in [1.165, 1.54) is 4.90 Å². The van der Waals surface area contributed by atoms with Crippen molar-refractivity contribution in [2.75, 3.05) is 66.9 Å². The van der Waals surface area contributed by atoms with E-state index in [-0.39, 0.29) is 44.5 Å². The summed E-state index contributed by atoms with van der Waals surface area (Å²) in [5.74, 6) is 0.340. The molecule has 0 atom stereocenters. The number of para-hydroxylation sites is 1. The number of urea groups is 1. The lowest BCUT2D eigenvalue weighted by Gasteiger charge is -2.37. The number of carboxylic acids is 1. The molecule has 5 rings (SSSR count). The van der Waals surface area contributed by atoms with Gasteiger partial charge >= 0.3 is 12.0 Å². The van der Waals surface area contributed by atoms with E-state index in [1.54, 1.807) is 18.2 Å². The number of ether oxygens (including phenoxy) is 1. The average molecular weight is 590 g/mol. The maximum absolute atomic E-state index is 13.9. The highest BCUT2D eigenvalue weighted by molar-refractivity contribution is 6.06. The number of carbonyl (C=O) groups is 2. The summed E-state index contributed by atoms with van der Waals surface area (Å²) in [7, 11) is 3.68. The normalized spacial score (nSPS) is 15.5. The molecule has 0 bridgehead atoms. The molecule has 3 N–H and O–H groups in total. The molecule has 0 radical (unpaired) electrons. The Morgan fingerprint density at radius 2 is 1.84 bits per heavy atom. The van der Waals surface area contributed by atoms with Crippen LogP contribution in [0.5, 0.6) is 5.75 Å². The van der Waals surface area contributed by atoms with Crippen LogP contribution in [0.25, 0.3) is 0 Å². The van der Waals surface area contributed by atoms with E-state index in [0.29, 0.717) is 17.3 Å². The second-order valence-corrected chi connectivity index (χ2v) is 11.1. The van der Waals surface area contributed by atoms with Gasteiger partial charge in [0, 0.05) is 68.2 Å². The molecule has 2 aromatic carbocycles. The van der Waals surface area contributed by atoms with Crippen molar-refractivity contribution in [3.63, 3.8) is 0 Å². The van der Waals surface area contributed by atoms with Crippen molar-refractivity contribution >= 4 is 40.8 Å². The van der Waals surface area contributed by atoms with Crippen LogP contribution >= 0.6 is 0 Å². The number of carbonyl (C=O) groups excluding carboxylic acids is 1. The molecule has 1 aromatic heterocycles. The molecule has 3 aromatic rings. The van der Waals surface area contributed by atoms with E-state index in [2.05, 4.69) is 27.1 Å². The number of methoxy groups -OCH3 is 1. The van der Waals surface area contributed by atoms with Crippen LogP contribution in [0.4, 0.5) is 33.6 Å². The van der Waals surface area contributed by atoms with Crippen LogP contribution in [0.15, 0.2) is 36.5 Å². The lowest BCUT2D eigenvalue weighted by Crippen LogP contribution is -2.49. The minimum atomic E-state index is -0.923. The fourth-order valence-corrected chi connectivity index (χ4v) is 5.74. The number of fused-ring (bicyclic) bond motifs is 1. The average Bonchev–Trinajstić information content (AvgIpc) is 2.99. The smallest absolute Gasteiger partial charge is 0.330 e. The molecule has 2 aliphatic rings. The lowest BCUT2D eigenvalue weighted by molar-refractivity contribution is -0.137. The molecule has 0 aliphatic carbocycles. The number of piperazine rings is 1. The van der Waals surface area contributed by atoms with Crippen LogP contribution in [0, 0.1) is 13.8 Å². The van der Waals surface area contributed by atoms with Gasteiger partial charge in [-0.05, 0) is 44.5 Å². The molecule has 0 saturated carbocycles. The third kappa shape index (κ3) is 6.35. The second kappa shape index (κ2) is 12.8. The number of benzene rings is 2. The molecular formula is C31H39N7O5. The zero-order chi connectivity index (χ0) is 30.7. The molecule has 228 valence electrons. The van der Waals surface area contributed by atoms with E-state index < -0.39 is 5.97 Å². The molecule has 3 heterocycles. The van der Waals surface area contributed by atoms with E-state index in [0.717, 1.165) is 59.8 Å². The predicted molar refractivity (Wildman–Crippen MR) is 166 cm³/mol. The maximum Gasteiger partial charge on any atom is 0.330 e. The first-order chi connectivity index (χ1) is 20.7. The maximum atomic E-state index is 13.9. The van der Waals surface area contributed by atoms with Gasteiger partial charge in [-0.15, -0.1) is 0 Å². The van der Waals surface area contributed by atoms with Crippen molar-refractivity contribution in [2.24, 2.45) is 0 Å². The summed E-state index contributed by atoms with van der Waals surface area (Å²) < 4.78 is 5.72. The van der Waals surface area contributed by atoms with E-state index in [1.807, 2.05) is 44.2 Å². The molecule has 1 saturated heterocycles. The number of aryl methyl sites for hydroxylation is 2. The topological polar surface area (TPSA) is 135 Å². The highest BCUT2D eigenvalue weighted by Crippen LogP contribution is 2.37. The summed E-state index contributed by atoms with van der Waals surface area (Å²) in [6, 6.07) is 9.38. The molecule has 2 aliphatic heterocycles. The van der Waals surface area contributed by atoms with Gasteiger partial charge in [0.05, 0.1) is 31.6 Å². The number of aliphatic hydroxyl groups is 1. The summed E-state index contributed by atoms with van der Waals surface area (Å²) in [6.07, 6.45) is 1.90. The van der Waals surface area contributed by atoms with Crippen molar-refractivity contribution in [1.29, 1.82) is 0 Å². The van der Waals surface area contributed by atoms with Gasteiger partial charge in [-0.25, -0.2) is 9.78 Å². The largest absolute Gasteiger partial charge is 0.494 e. The molecule has 1 fully saturated rings. The van der Waals surface area contributed by atoms with Gasteiger partial charge in [0.25, 0.3) is 0 Å². The number of aromatic nitrogens is 2. The summed E-state index contributed by atoms with van der Waals surface area (Å²) in [6.45, 7) is 7.80. The number of anilines is 5. The third-order valence-corrected chi connectivity index (χ3v) is 8.03. The first-order valence-corrected chi connectivity index (χ1v) is 14.5. The number of aliphatic carboxylic acids is 1. The SMILES string of the molecule is COc1cc(N2CCN(C)CC2)c(CO)cc1Nc1ncc2c(n1)N(CCCC(=O)O)C(=O)N(c1c(C)cccc1C)C2. The number of rotatable bonds is 10. The summed E-state index contributed by atoms with van der Waals surface area (Å²) in [5.41, 5.74) is 5.76. The van der Waals surface area contributed by atoms with Gasteiger partial charge < -0.3 is 30.1 Å². The standard InChI is InChI=1S/C31H39N7O5/c1-20-7-5-8-21(2)28(20)38-18-23-17-32-30(34-29(23)37(31(38)42)10-6-9-27(40)41)33-24-15-22(19-39)25(16-26(24)43-4)36-13-11-35(3)12-14-36/h5,7-8,15-17,39H,6,9-14,18-19H2,1-4H3,(H,40,41)(H,32,33,34). The van der Waals surface area contributed by atoms with E-state index in [9.17, 15) is 19.8 Å². The number of hydrogen-bond donors (Lipinski definition) is 3. The second-order valence-electron chi connectivity index (χ2n) is 11.1. The Kier molecular flexibility index (Phi) is 8.97. The van der Waals surface area contributed by atoms with Crippen LogP contribution in [-0.4, -0.2) is 84.0 Å². The summed E-state index contributed by atoms with van der Waals surface area (Å²) in [4.78, 5) is 42.2. The monoisotopic (exact) mass is 589 g/mol. The van der Waals surface area contributed by atoms with Crippen LogP contribution in [0.3, 0.4) is 0 Å².